The van der Waals surface area contributed by atoms with Crippen LogP contribution in [0.3, 0.4) is 0 Å². The summed E-state index contributed by atoms with van der Waals surface area (Å²) in [5.74, 6) is 1.51. The molecular formula is C20H20N4. The van der Waals surface area contributed by atoms with Gasteiger partial charge in [0.05, 0.1) is 5.69 Å². The van der Waals surface area contributed by atoms with E-state index in [1.165, 1.54) is 5.56 Å². The van der Waals surface area contributed by atoms with E-state index in [9.17, 15) is 0 Å². The van der Waals surface area contributed by atoms with E-state index in [4.69, 9.17) is 0 Å². The Labute approximate surface area is 142 Å². The summed E-state index contributed by atoms with van der Waals surface area (Å²) in [5, 5.41) is 3.21. The Morgan fingerprint density at radius 1 is 0.958 bits per heavy atom. The summed E-state index contributed by atoms with van der Waals surface area (Å²) in [4.78, 5) is 13.3. The van der Waals surface area contributed by atoms with E-state index < -0.39 is 0 Å². The maximum atomic E-state index is 4.54. The van der Waals surface area contributed by atoms with Gasteiger partial charge in [-0.2, -0.15) is 0 Å². The second kappa shape index (κ2) is 7.04. The second-order valence-corrected chi connectivity index (χ2v) is 5.68. The molecule has 3 rings (SSSR count). The predicted molar refractivity (Wildman–Crippen MR) is 98.9 cm³/mol. The van der Waals surface area contributed by atoms with Crippen LogP contribution in [-0.4, -0.2) is 21.5 Å². The zero-order chi connectivity index (χ0) is 16.9. The average Bonchev–Trinajstić information content (AvgIpc) is 2.60. The standard InChI is InChI=1S/C20H20N4/c1-4-9-22-20-11-19(23-15(3)24-20)18-10-17(12-21-13-18)16-7-5-14(2)6-8-16/h4-8,10-13H,1,9H2,2-3H3,(H,22,23,24). The first-order valence-electron chi connectivity index (χ1n) is 7.88. The number of aryl methyl sites for hydroxylation is 2. The molecule has 2 heterocycles. The van der Waals surface area contributed by atoms with Crippen molar-refractivity contribution in [3.63, 3.8) is 0 Å². The first-order chi connectivity index (χ1) is 11.7. The van der Waals surface area contributed by atoms with E-state index >= 15 is 0 Å². The van der Waals surface area contributed by atoms with Crippen LogP contribution in [0, 0.1) is 13.8 Å². The van der Waals surface area contributed by atoms with E-state index in [1.54, 1.807) is 6.08 Å². The van der Waals surface area contributed by atoms with Gasteiger partial charge < -0.3 is 5.32 Å². The molecule has 0 atom stereocenters. The van der Waals surface area contributed by atoms with Crippen LogP contribution in [0.2, 0.25) is 0 Å². The molecule has 24 heavy (non-hydrogen) atoms. The molecule has 0 aliphatic rings. The van der Waals surface area contributed by atoms with E-state index in [0.717, 1.165) is 34.0 Å². The first-order valence-corrected chi connectivity index (χ1v) is 7.88. The minimum Gasteiger partial charge on any atom is -0.366 e. The van der Waals surface area contributed by atoms with Crippen molar-refractivity contribution in [3.05, 3.63) is 72.8 Å². The molecule has 4 nitrogen and oxygen atoms in total. The number of pyridine rings is 1. The Kier molecular flexibility index (Phi) is 4.66. The fourth-order valence-electron chi connectivity index (χ4n) is 2.47. The topological polar surface area (TPSA) is 50.7 Å². The third-order valence-corrected chi connectivity index (χ3v) is 3.68. The molecule has 0 aliphatic carbocycles. The lowest BCUT2D eigenvalue weighted by Gasteiger charge is -2.09. The smallest absolute Gasteiger partial charge is 0.130 e. The Bertz CT molecular complexity index is 854. The highest BCUT2D eigenvalue weighted by Crippen LogP contribution is 2.25. The lowest BCUT2D eigenvalue weighted by molar-refractivity contribution is 1.05. The molecule has 0 amide bonds. The first kappa shape index (κ1) is 15.9. The van der Waals surface area contributed by atoms with Crippen LogP contribution in [0.5, 0.6) is 0 Å². The SMILES string of the molecule is C=CCNc1cc(-c2cncc(-c3ccc(C)cc3)c2)nc(C)n1. The van der Waals surface area contributed by atoms with Crippen molar-refractivity contribution in [2.24, 2.45) is 0 Å². The molecule has 4 heteroatoms. The van der Waals surface area contributed by atoms with Crippen LogP contribution in [0.4, 0.5) is 5.82 Å². The molecule has 0 radical (unpaired) electrons. The fraction of sp³-hybridized carbons (Fsp3) is 0.150. The van der Waals surface area contributed by atoms with Gasteiger partial charge in [0.1, 0.15) is 11.6 Å². The summed E-state index contributed by atoms with van der Waals surface area (Å²) in [6.45, 7) is 8.35. The fourth-order valence-corrected chi connectivity index (χ4v) is 2.47. The molecule has 0 fully saturated rings. The molecule has 0 saturated heterocycles. The van der Waals surface area contributed by atoms with E-state index in [2.05, 4.69) is 64.1 Å². The van der Waals surface area contributed by atoms with Gasteiger partial charge in [0, 0.05) is 36.1 Å². The van der Waals surface area contributed by atoms with Gasteiger partial charge in [0.25, 0.3) is 0 Å². The third-order valence-electron chi connectivity index (χ3n) is 3.68. The predicted octanol–water partition coefficient (Wildman–Crippen LogP) is 4.42. The van der Waals surface area contributed by atoms with Crippen molar-refractivity contribution >= 4 is 5.82 Å². The molecule has 3 aromatic rings. The van der Waals surface area contributed by atoms with Gasteiger partial charge in [-0.1, -0.05) is 35.9 Å². The van der Waals surface area contributed by atoms with Crippen LogP contribution >= 0.6 is 0 Å². The van der Waals surface area contributed by atoms with Crippen molar-refractivity contribution in [1.29, 1.82) is 0 Å². The molecule has 1 aromatic carbocycles. The Hall–Kier alpha value is -3.01. The number of rotatable bonds is 5. The summed E-state index contributed by atoms with van der Waals surface area (Å²) < 4.78 is 0. The number of benzene rings is 1. The molecular weight excluding hydrogens is 296 g/mol. The van der Waals surface area contributed by atoms with Gasteiger partial charge in [0.15, 0.2) is 0 Å². The monoisotopic (exact) mass is 316 g/mol. The van der Waals surface area contributed by atoms with Crippen LogP contribution in [0.25, 0.3) is 22.4 Å². The number of nitrogens with one attached hydrogen (secondary N) is 1. The molecule has 2 aromatic heterocycles. The van der Waals surface area contributed by atoms with Gasteiger partial charge in [-0.3, -0.25) is 4.98 Å². The highest BCUT2D eigenvalue weighted by molar-refractivity contribution is 5.71. The molecule has 120 valence electrons. The summed E-state index contributed by atoms with van der Waals surface area (Å²) in [6.07, 6.45) is 5.51. The molecule has 0 unspecified atom stereocenters. The minimum absolute atomic E-state index is 0.664. The highest BCUT2D eigenvalue weighted by Gasteiger charge is 2.07. The number of anilines is 1. The number of nitrogens with zero attached hydrogens (tertiary/aromatic N) is 3. The average molecular weight is 316 g/mol. The van der Waals surface area contributed by atoms with Crippen LogP contribution in [0.1, 0.15) is 11.4 Å². The van der Waals surface area contributed by atoms with Crippen molar-refractivity contribution in [2.45, 2.75) is 13.8 Å². The van der Waals surface area contributed by atoms with Gasteiger partial charge in [-0.15, -0.1) is 6.58 Å². The largest absolute Gasteiger partial charge is 0.366 e. The Morgan fingerprint density at radius 2 is 1.71 bits per heavy atom. The molecule has 1 N–H and O–H groups in total. The normalized spacial score (nSPS) is 10.4. The summed E-state index contributed by atoms with van der Waals surface area (Å²) >= 11 is 0. The molecule has 0 bridgehead atoms. The summed E-state index contributed by atoms with van der Waals surface area (Å²) in [5.41, 5.74) is 5.29. The van der Waals surface area contributed by atoms with E-state index in [0.29, 0.717) is 6.54 Å². The number of hydrogen-bond acceptors (Lipinski definition) is 4. The van der Waals surface area contributed by atoms with E-state index in [1.807, 2.05) is 25.4 Å². The van der Waals surface area contributed by atoms with Gasteiger partial charge in [-0.25, -0.2) is 9.97 Å². The third kappa shape index (κ3) is 3.66. The van der Waals surface area contributed by atoms with Gasteiger partial charge in [0.2, 0.25) is 0 Å². The number of hydrogen-bond donors (Lipinski definition) is 1. The maximum absolute atomic E-state index is 4.54. The second-order valence-electron chi connectivity index (χ2n) is 5.68. The zero-order valence-electron chi connectivity index (χ0n) is 14.0. The Morgan fingerprint density at radius 3 is 2.46 bits per heavy atom. The zero-order valence-corrected chi connectivity index (χ0v) is 14.0. The lowest BCUT2D eigenvalue weighted by Crippen LogP contribution is -2.03. The Balaban J connectivity index is 1.98. The summed E-state index contributed by atoms with van der Waals surface area (Å²) in [6, 6.07) is 12.5. The van der Waals surface area contributed by atoms with Crippen molar-refractivity contribution in [1.82, 2.24) is 15.0 Å². The van der Waals surface area contributed by atoms with Crippen molar-refractivity contribution in [3.8, 4) is 22.4 Å². The van der Waals surface area contributed by atoms with Gasteiger partial charge >= 0.3 is 0 Å². The van der Waals surface area contributed by atoms with Gasteiger partial charge in [-0.05, 0) is 25.5 Å². The molecule has 0 saturated carbocycles. The van der Waals surface area contributed by atoms with E-state index in [-0.39, 0.29) is 0 Å². The highest BCUT2D eigenvalue weighted by atomic mass is 15.0. The van der Waals surface area contributed by atoms with Crippen LogP contribution in [0.15, 0.2) is 61.4 Å². The summed E-state index contributed by atoms with van der Waals surface area (Å²) in [7, 11) is 0. The van der Waals surface area contributed by atoms with Crippen molar-refractivity contribution < 1.29 is 0 Å². The lowest BCUT2D eigenvalue weighted by atomic mass is 10.0. The maximum Gasteiger partial charge on any atom is 0.130 e. The molecule has 0 spiro atoms. The molecule has 0 aliphatic heterocycles. The minimum atomic E-state index is 0.664. The van der Waals surface area contributed by atoms with Crippen molar-refractivity contribution in [2.75, 3.05) is 11.9 Å². The van der Waals surface area contributed by atoms with Crippen LogP contribution < -0.4 is 5.32 Å². The quantitative estimate of drug-likeness (QED) is 0.708. The van der Waals surface area contributed by atoms with Crippen LogP contribution in [-0.2, 0) is 0 Å². The number of aromatic nitrogens is 3.